The number of nitrogens with two attached hydrogens (primary N) is 1. The van der Waals surface area contributed by atoms with E-state index in [9.17, 15) is 4.79 Å². The van der Waals surface area contributed by atoms with Crippen LogP contribution in [0.2, 0.25) is 0 Å². The maximum absolute atomic E-state index is 10.8. The third kappa shape index (κ3) is 1.53. The van der Waals surface area contributed by atoms with Gasteiger partial charge >= 0.3 is 5.97 Å². The lowest BCUT2D eigenvalue weighted by atomic mass is 10.1. The molecule has 2 aromatic heterocycles. The summed E-state index contributed by atoms with van der Waals surface area (Å²) in [5.41, 5.74) is 8.20. The van der Waals surface area contributed by atoms with Crippen LogP contribution in [0.3, 0.4) is 0 Å². The minimum absolute atomic E-state index is 0.430. The van der Waals surface area contributed by atoms with Gasteiger partial charge < -0.3 is 10.8 Å². The first kappa shape index (κ1) is 10.6. The minimum atomic E-state index is -1.09. The highest BCUT2D eigenvalue weighted by atomic mass is 16.4. The highest BCUT2D eigenvalue weighted by Crippen LogP contribution is 2.17. The van der Waals surface area contributed by atoms with Gasteiger partial charge in [0, 0.05) is 17.0 Å². The largest absolute Gasteiger partial charge is 0.480 e. The molecule has 0 aliphatic rings. The summed E-state index contributed by atoms with van der Waals surface area (Å²) in [4.78, 5) is 15.1. The fourth-order valence-electron chi connectivity index (χ4n) is 1.64. The Bertz CT molecular complexity index is 561. The van der Waals surface area contributed by atoms with Gasteiger partial charge in [0.05, 0.1) is 6.20 Å². The fourth-order valence-corrected chi connectivity index (χ4v) is 1.64. The smallest absolute Gasteiger partial charge is 0.325 e. The zero-order valence-corrected chi connectivity index (χ0v) is 9.01. The first-order valence-electron chi connectivity index (χ1n) is 4.81. The molecule has 6 nitrogen and oxygen atoms in total. The molecule has 0 radical (unpaired) electrons. The number of carbonyl (C=O) groups is 1. The van der Waals surface area contributed by atoms with Crippen molar-refractivity contribution in [3.63, 3.8) is 0 Å². The van der Waals surface area contributed by atoms with Crippen LogP contribution in [-0.2, 0) is 4.79 Å². The molecule has 0 aromatic carbocycles. The SMILES string of the molecule is Cc1cc(C)n2ncc(C(N)C(=O)O)c2n1. The molecule has 0 saturated carbocycles. The molecule has 1 atom stereocenters. The van der Waals surface area contributed by atoms with Crippen molar-refractivity contribution in [3.8, 4) is 0 Å². The Hall–Kier alpha value is -1.95. The van der Waals surface area contributed by atoms with Gasteiger partial charge in [0.1, 0.15) is 6.04 Å². The maximum atomic E-state index is 10.8. The monoisotopic (exact) mass is 220 g/mol. The van der Waals surface area contributed by atoms with Crippen molar-refractivity contribution in [1.29, 1.82) is 0 Å². The number of aryl methyl sites for hydroxylation is 2. The van der Waals surface area contributed by atoms with Crippen LogP contribution in [0.1, 0.15) is 23.0 Å². The molecule has 6 heteroatoms. The van der Waals surface area contributed by atoms with E-state index in [0.29, 0.717) is 11.2 Å². The van der Waals surface area contributed by atoms with E-state index in [1.54, 1.807) is 4.52 Å². The van der Waals surface area contributed by atoms with Gasteiger partial charge in [0.15, 0.2) is 5.65 Å². The molecule has 0 spiro atoms. The van der Waals surface area contributed by atoms with Crippen molar-refractivity contribution in [2.75, 3.05) is 0 Å². The van der Waals surface area contributed by atoms with Crippen molar-refractivity contribution >= 4 is 11.6 Å². The number of carboxylic acids is 1. The zero-order valence-electron chi connectivity index (χ0n) is 9.01. The molecule has 2 rings (SSSR count). The van der Waals surface area contributed by atoms with Crippen LogP contribution in [-0.4, -0.2) is 25.7 Å². The zero-order chi connectivity index (χ0) is 11.9. The van der Waals surface area contributed by atoms with Gasteiger partial charge in [-0.1, -0.05) is 0 Å². The molecule has 0 aliphatic heterocycles. The van der Waals surface area contributed by atoms with E-state index in [1.165, 1.54) is 6.20 Å². The average molecular weight is 220 g/mol. The van der Waals surface area contributed by atoms with Gasteiger partial charge in [-0.25, -0.2) is 9.50 Å². The second-order valence-corrected chi connectivity index (χ2v) is 3.69. The lowest BCUT2D eigenvalue weighted by Gasteiger charge is -2.05. The summed E-state index contributed by atoms with van der Waals surface area (Å²) in [6.07, 6.45) is 1.45. The number of rotatable bonds is 2. The van der Waals surface area contributed by atoms with Gasteiger partial charge in [0.25, 0.3) is 0 Å². The topological polar surface area (TPSA) is 93.5 Å². The molecule has 1 unspecified atom stereocenters. The first-order chi connectivity index (χ1) is 7.50. The number of fused-ring (bicyclic) bond motifs is 1. The number of nitrogens with zero attached hydrogens (tertiary/aromatic N) is 3. The summed E-state index contributed by atoms with van der Waals surface area (Å²) in [5, 5.41) is 12.9. The molecule has 2 aromatic rings. The average Bonchev–Trinajstić information content (AvgIpc) is 2.60. The van der Waals surface area contributed by atoms with E-state index in [0.717, 1.165) is 11.4 Å². The summed E-state index contributed by atoms with van der Waals surface area (Å²) >= 11 is 0. The van der Waals surface area contributed by atoms with Crippen LogP contribution in [0.5, 0.6) is 0 Å². The molecule has 2 heterocycles. The molecule has 16 heavy (non-hydrogen) atoms. The Morgan fingerprint density at radius 3 is 2.88 bits per heavy atom. The van der Waals surface area contributed by atoms with Gasteiger partial charge in [0.2, 0.25) is 0 Å². The molecule has 0 bridgehead atoms. The molecule has 0 fully saturated rings. The normalized spacial score (nSPS) is 12.9. The number of carboxylic acid groups (broad SMARTS) is 1. The van der Waals surface area contributed by atoms with Crippen LogP contribution >= 0.6 is 0 Å². The Labute approximate surface area is 91.7 Å². The lowest BCUT2D eigenvalue weighted by Crippen LogP contribution is -2.20. The number of hydrogen-bond donors (Lipinski definition) is 2. The third-order valence-electron chi connectivity index (χ3n) is 2.41. The van der Waals surface area contributed by atoms with Crippen molar-refractivity contribution in [1.82, 2.24) is 14.6 Å². The Kier molecular flexibility index (Phi) is 2.35. The highest BCUT2D eigenvalue weighted by Gasteiger charge is 2.20. The molecule has 84 valence electrons. The minimum Gasteiger partial charge on any atom is -0.480 e. The summed E-state index contributed by atoms with van der Waals surface area (Å²) < 4.78 is 1.59. The van der Waals surface area contributed by atoms with E-state index in [4.69, 9.17) is 10.8 Å². The van der Waals surface area contributed by atoms with Gasteiger partial charge in [-0.3, -0.25) is 4.79 Å². The summed E-state index contributed by atoms with van der Waals surface area (Å²) in [7, 11) is 0. The van der Waals surface area contributed by atoms with Crippen LogP contribution in [0.15, 0.2) is 12.3 Å². The van der Waals surface area contributed by atoms with Crippen LogP contribution in [0, 0.1) is 13.8 Å². The molecular weight excluding hydrogens is 208 g/mol. The van der Waals surface area contributed by atoms with E-state index < -0.39 is 12.0 Å². The maximum Gasteiger partial charge on any atom is 0.325 e. The molecular formula is C10H12N4O2. The molecule has 0 saturated heterocycles. The lowest BCUT2D eigenvalue weighted by molar-refractivity contribution is -0.138. The quantitative estimate of drug-likeness (QED) is 0.765. The molecule has 3 N–H and O–H groups in total. The predicted molar refractivity (Wildman–Crippen MR) is 57.0 cm³/mol. The fraction of sp³-hybridized carbons (Fsp3) is 0.300. The third-order valence-corrected chi connectivity index (χ3v) is 2.41. The summed E-state index contributed by atoms with van der Waals surface area (Å²) in [6, 6.07) is 0.780. The van der Waals surface area contributed by atoms with E-state index in [1.807, 2.05) is 19.9 Å². The van der Waals surface area contributed by atoms with Gasteiger partial charge in [-0.05, 0) is 19.9 Å². The van der Waals surface area contributed by atoms with E-state index >= 15 is 0 Å². The first-order valence-corrected chi connectivity index (χ1v) is 4.81. The highest BCUT2D eigenvalue weighted by molar-refractivity contribution is 5.78. The standard InChI is InChI=1S/C10H12N4O2/c1-5-3-6(2)14-9(13-5)7(4-12-14)8(11)10(15)16/h3-4,8H,11H2,1-2H3,(H,15,16). The Balaban J connectivity index is 2.69. The molecule has 0 aliphatic carbocycles. The van der Waals surface area contributed by atoms with Gasteiger partial charge in [-0.15, -0.1) is 0 Å². The molecule has 0 amide bonds. The van der Waals surface area contributed by atoms with Crippen LogP contribution in [0.25, 0.3) is 5.65 Å². The number of aromatic nitrogens is 3. The van der Waals surface area contributed by atoms with Crippen molar-refractivity contribution in [2.45, 2.75) is 19.9 Å². The Morgan fingerprint density at radius 1 is 1.56 bits per heavy atom. The van der Waals surface area contributed by atoms with E-state index in [2.05, 4.69) is 10.1 Å². The van der Waals surface area contributed by atoms with Gasteiger partial charge in [-0.2, -0.15) is 5.10 Å². The predicted octanol–water partition coefficient (Wildman–Crippen LogP) is 0.431. The van der Waals surface area contributed by atoms with Crippen molar-refractivity contribution < 1.29 is 9.90 Å². The second-order valence-electron chi connectivity index (χ2n) is 3.69. The van der Waals surface area contributed by atoms with E-state index in [-0.39, 0.29) is 0 Å². The van der Waals surface area contributed by atoms with Crippen molar-refractivity contribution in [3.05, 3.63) is 29.2 Å². The van der Waals surface area contributed by atoms with Crippen molar-refractivity contribution in [2.24, 2.45) is 5.73 Å². The summed E-state index contributed by atoms with van der Waals surface area (Å²) in [6.45, 7) is 3.72. The van der Waals surface area contributed by atoms with Crippen LogP contribution in [0.4, 0.5) is 0 Å². The Morgan fingerprint density at radius 2 is 2.25 bits per heavy atom. The summed E-state index contributed by atoms with van der Waals surface area (Å²) in [5.74, 6) is -1.09. The van der Waals surface area contributed by atoms with Crippen LogP contribution < -0.4 is 5.73 Å². The number of hydrogen-bond acceptors (Lipinski definition) is 4. The number of aliphatic carboxylic acids is 1. The second kappa shape index (κ2) is 3.57.